The van der Waals surface area contributed by atoms with Gasteiger partial charge in [-0.15, -0.1) is 0 Å². The molecule has 0 bridgehead atoms. The van der Waals surface area contributed by atoms with Gasteiger partial charge < -0.3 is 5.32 Å². The molecule has 112 valence electrons. The largest absolute Gasteiger partial charge is 0.377 e. The fourth-order valence-electron chi connectivity index (χ4n) is 2.73. The van der Waals surface area contributed by atoms with Crippen LogP contribution in [0.15, 0.2) is 24.4 Å². The van der Waals surface area contributed by atoms with Gasteiger partial charge in [-0.05, 0) is 31.0 Å². The quantitative estimate of drug-likeness (QED) is 0.850. The third kappa shape index (κ3) is 3.33. The highest BCUT2D eigenvalue weighted by Crippen LogP contribution is 2.32. The molecule has 0 spiro atoms. The highest BCUT2D eigenvalue weighted by Gasteiger charge is 2.17. The lowest BCUT2D eigenvalue weighted by molar-refractivity contribution is 0.463. The van der Waals surface area contributed by atoms with E-state index in [1.165, 1.54) is 37.8 Å². The Bertz CT molecular complexity index is 613. The van der Waals surface area contributed by atoms with Crippen LogP contribution >= 0.6 is 23.2 Å². The van der Waals surface area contributed by atoms with Crippen molar-refractivity contribution in [1.29, 1.82) is 0 Å². The van der Waals surface area contributed by atoms with Crippen molar-refractivity contribution in [2.24, 2.45) is 0 Å². The van der Waals surface area contributed by atoms with Crippen LogP contribution in [0.2, 0.25) is 10.0 Å². The predicted molar refractivity (Wildman–Crippen MR) is 83.5 cm³/mol. The number of halogens is 3. The fourth-order valence-corrected chi connectivity index (χ4v) is 3.33. The SMILES string of the molecule is Fc1cc(Cl)c(NCc2ccn(C3CCCC3)n2)c(Cl)c1. The van der Waals surface area contributed by atoms with E-state index in [0.29, 0.717) is 18.3 Å². The molecule has 0 radical (unpaired) electrons. The number of aromatic nitrogens is 2. The molecule has 1 saturated carbocycles. The van der Waals surface area contributed by atoms with Gasteiger partial charge in [-0.2, -0.15) is 5.10 Å². The van der Waals surface area contributed by atoms with Crippen LogP contribution in [0.1, 0.15) is 37.4 Å². The number of benzene rings is 1. The smallest absolute Gasteiger partial charge is 0.126 e. The third-order valence-corrected chi connectivity index (χ3v) is 4.41. The van der Waals surface area contributed by atoms with Crippen LogP contribution in [-0.4, -0.2) is 9.78 Å². The summed E-state index contributed by atoms with van der Waals surface area (Å²) in [6, 6.07) is 4.99. The Morgan fingerprint density at radius 1 is 1.24 bits per heavy atom. The van der Waals surface area contributed by atoms with Crippen molar-refractivity contribution in [1.82, 2.24) is 9.78 Å². The molecular formula is C15H16Cl2FN3. The lowest BCUT2D eigenvalue weighted by Crippen LogP contribution is -2.07. The van der Waals surface area contributed by atoms with Gasteiger partial charge in [0.2, 0.25) is 0 Å². The summed E-state index contributed by atoms with van der Waals surface area (Å²) in [5, 5.41) is 8.25. The molecule has 1 heterocycles. The Kier molecular flexibility index (Phi) is 4.36. The number of rotatable bonds is 4. The maximum atomic E-state index is 13.1. The Morgan fingerprint density at radius 3 is 2.57 bits per heavy atom. The standard InChI is InChI=1S/C15H16Cl2FN3/c16-13-7-10(18)8-14(17)15(13)19-9-11-5-6-21(20-11)12-3-1-2-4-12/h5-8,12,19H,1-4,9H2. The van der Waals surface area contributed by atoms with Gasteiger partial charge in [-0.25, -0.2) is 4.39 Å². The molecule has 2 aromatic rings. The highest BCUT2D eigenvalue weighted by molar-refractivity contribution is 6.39. The maximum Gasteiger partial charge on any atom is 0.126 e. The van der Waals surface area contributed by atoms with E-state index in [1.807, 2.05) is 16.9 Å². The van der Waals surface area contributed by atoms with Crippen LogP contribution in [0.5, 0.6) is 0 Å². The zero-order chi connectivity index (χ0) is 14.8. The number of nitrogens with zero attached hydrogens (tertiary/aromatic N) is 2. The second-order valence-corrected chi connectivity index (χ2v) is 6.14. The molecule has 21 heavy (non-hydrogen) atoms. The summed E-state index contributed by atoms with van der Waals surface area (Å²) in [4.78, 5) is 0. The third-order valence-electron chi connectivity index (χ3n) is 3.82. The second-order valence-electron chi connectivity index (χ2n) is 5.32. The molecule has 3 rings (SSSR count). The molecule has 3 nitrogen and oxygen atoms in total. The zero-order valence-electron chi connectivity index (χ0n) is 11.5. The van der Waals surface area contributed by atoms with Gasteiger partial charge in [-0.1, -0.05) is 36.0 Å². The Morgan fingerprint density at radius 2 is 1.90 bits per heavy atom. The molecule has 1 N–H and O–H groups in total. The van der Waals surface area contributed by atoms with Gasteiger partial charge in [0.25, 0.3) is 0 Å². The lowest BCUT2D eigenvalue weighted by atomic mass is 10.3. The summed E-state index contributed by atoms with van der Waals surface area (Å²) in [6.45, 7) is 0.505. The number of hydrogen-bond acceptors (Lipinski definition) is 2. The first-order valence-electron chi connectivity index (χ1n) is 7.06. The molecule has 6 heteroatoms. The van der Waals surface area contributed by atoms with Crippen LogP contribution < -0.4 is 5.32 Å². The van der Waals surface area contributed by atoms with Crippen LogP contribution in [-0.2, 0) is 6.54 Å². The molecule has 0 saturated heterocycles. The molecule has 0 unspecified atom stereocenters. The van der Waals surface area contributed by atoms with E-state index in [9.17, 15) is 4.39 Å². The predicted octanol–water partition coefficient (Wildman–Crippen LogP) is 5.06. The molecule has 1 aromatic carbocycles. The van der Waals surface area contributed by atoms with Crippen LogP contribution in [0.25, 0.3) is 0 Å². The van der Waals surface area contributed by atoms with Crippen molar-refractivity contribution in [3.8, 4) is 0 Å². The molecule has 0 amide bonds. The molecular weight excluding hydrogens is 312 g/mol. The number of hydrogen-bond donors (Lipinski definition) is 1. The van der Waals surface area contributed by atoms with Gasteiger partial charge in [0, 0.05) is 6.20 Å². The van der Waals surface area contributed by atoms with Crippen LogP contribution in [0.3, 0.4) is 0 Å². The van der Waals surface area contributed by atoms with Crippen LogP contribution in [0, 0.1) is 5.82 Å². The summed E-state index contributed by atoms with van der Waals surface area (Å²) in [5.74, 6) is -0.443. The van der Waals surface area contributed by atoms with Gasteiger partial charge in [0.1, 0.15) is 5.82 Å². The van der Waals surface area contributed by atoms with E-state index in [4.69, 9.17) is 23.2 Å². The summed E-state index contributed by atoms with van der Waals surface area (Å²) in [5.41, 5.74) is 1.45. The number of nitrogens with one attached hydrogen (secondary N) is 1. The summed E-state index contributed by atoms with van der Waals surface area (Å²) in [6.07, 6.45) is 6.97. The topological polar surface area (TPSA) is 29.9 Å². The van der Waals surface area contributed by atoms with Crippen molar-refractivity contribution in [2.75, 3.05) is 5.32 Å². The molecule has 0 aliphatic heterocycles. The minimum atomic E-state index is -0.443. The van der Waals surface area contributed by atoms with Crippen molar-refractivity contribution in [3.63, 3.8) is 0 Å². The average molecular weight is 328 g/mol. The van der Waals surface area contributed by atoms with Gasteiger partial charge in [-0.3, -0.25) is 4.68 Å². The van der Waals surface area contributed by atoms with Gasteiger partial charge in [0.15, 0.2) is 0 Å². The minimum absolute atomic E-state index is 0.273. The Labute approximate surface area is 133 Å². The van der Waals surface area contributed by atoms with E-state index in [-0.39, 0.29) is 10.0 Å². The zero-order valence-corrected chi connectivity index (χ0v) is 13.0. The van der Waals surface area contributed by atoms with Gasteiger partial charge >= 0.3 is 0 Å². The van der Waals surface area contributed by atoms with Crippen LogP contribution in [0.4, 0.5) is 10.1 Å². The maximum absolute atomic E-state index is 13.1. The minimum Gasteiger partial charge on any atom is -0.377 e. The molecule has 1 fully saturated rings. The average Bonchev–Trinajstić information content (AvgIpc) is 3.08. The fraction of sp³-hybridized carbons (Fsp3) is 0.400. The molecule has 1 aliphatic carbocycles. The lowest BCUT2D eigenvalue weighted by Gasteiger charge is -2.10. The number of anilines is 1. The van der Waals surface area contributed by atoms with Crippen molar-refractivity contribution < 1.29 is 4.39 Å². The van der Waals surface area contributed by atoms with E-state index in [2.05, 4.69) is 10.4 Å². The Balaban J connectivity index is 1.68. The van der Waals surface area contributed by atoms with Crippen molar-refractivity contribution in [2.45, 2.75) is 38.3 Å². The summed E-state index contributed by atoms with van der Waals surface area (Å²) in [7, 11) is 0. The molecule has 0 atom stereocenters. The van der Waals surface area contributed by atoms with E-state index >= 15 is 0 Å². The van der Waals surface area contributed by atoms with Crippen molar-refractivity contribution >= 4 is 28.9 Å². The first-order valence-corrected chi connectivity index (χ1v) is 7.81. The highest BCUT2D eigenvalue weighted by atomic mass is 35.5. The monoisotopic (exact) mass is 327 g/mol. The van der Waals surface area contributed by atoms with E-state index < -0.39 is 5.82 Å². The van der Waals surface area contributed by atoms with Gasteiger partial charge in [0.05, 0.1) is 34.0 Å². The van der Waals surface area contributed by atoms with E-state index in [1.54, 1.807) is 0 Å². The summed E-state index contributed by atoms with van der Waals surface area (Å²) >= 11 is 12.0. The van der Waals surface area contributed by atoms with Crippen molar-refractivity contribution in [3.05, 3.63) is 46.0 Å². The second kappa shape index (κ2) is 6.24. The normalized spacial score (nSPS) is 15.6. The molecule has 1 aliphatic rings. The first-order chi connectivity index (χ1) is 10.1. The van der Waals surface area contributed by atoms with E-state index in [0.717, 1.165) is 5.69 Å². The molecule has 1 aromatic heterocycles. The Hall–Kier alpha value is -1.26. The first kappa shape index (κ1) is 14.7. The summed E-state index contributed by atoms with van der Waals surface area (Å²) < 4.78 is 15.2.